The van der Waals surface area contributed by atoms with E-state index < -0.39 is 0 Å². The number of methoxy groups -OCH3 is 2. The van der Waals surface area contributed by atoms with Gasteiger partial charge in [0.15, 0.2) is 5.82 Å². The lowest BCUT2D eigenvalue weighted by atomic mass is 10.0. The topological polar surface area (TPSA) is 68.5 Å². The van der Waals surface area contributed by atoms with E-state index in [1.807, 2.05) is 16.8 Å². The van der Waals surface area contributed by atoms with Gasteiger partial charge in [0, 0.05) is 39.0 Å². The van der Waals surface area contributed by atoms with E-state index in [0.29, 0.717) is 13.2 Å². The number of rotatable bonds is 8. The Morgan fingerprint density at radius 2 is 1.72 bits per heavy atom. The van der Waals surface area contributed by atoms with Gasteiger partial charge < -0.3 is 14.4 Å². The highest BCUT2D eigenvalue weighted by molar-refractivity contribution is 5.56. The van der Waals surface area contributed by atoms with Gasteiger partial charge >= 0.3 is 0 Å². The predicted molar refractivity (Wildman–Crippen MR) is 124 cm³/mol. The zero-order valence-electron chi connectivity index (χ0n) is 19.4. The maximum Gasteiger partial charge on any atom is 0.173 e. The maximum atomic E-state index is 5.36. The molecule has 0 N–H and O–H groups in total. The van der Waals surface area contributed by atoms with E-state index in [1.165, 1.54) is 16.8 Å². The Balaban J connectivity index is 1.59. The van der Waals surface area contributed by atoms with Crippen LogP contribution in [0.3, 0.4) is 0 Å². The predicted octanol–water partition coefficient (Wildman–Crippen LogP) is 2.86. The third-order valence-electron chi connectivity index (χ3n) is 6.34. The zero-order chi connectivity index (χ0) is 22.5. The summed E-state index contributed by atoms with van der Waals surface area (Å²) in [6.45, 7) is 9.31. The second kappa shape index (κ2) is 10.1. The monoisotopic (exact) mass is 436 g/mol. The van der Waals surface area contributed by atoms with Gasteiger partial charge in [0.2, 0.25) is 0 Å². The Bertz CT molecular complexity index is 1010. The summed E-state index contributed by atoms with van der Waals surface area (Å²) in [4.78, 5) is 4.95. The van der Waals surface area contributed by atoms with Crippen LogP contribution >= 0.6 is 0 Å². The highest BCUT2D eigenvalue weighted by Gasteiger charge is 2.31. The molecule has 4 rings (SSSR count). The first kappa shape index (κ1) is 22.2. The number of hydrogen-bond donors (Lipinski definition) is 0. The summed E-state index contributed by atoms with van der Waals surface area (Å²) in [7, 11) is 3.38. The quantitative estimate of drug-likeness (QED) is 0.538. The van der Waals surface area contributed by atoms with Crippen LogP contribution in [0.4, 0.5) is 5.69 Å². The Labute approximate surface area is 189 Å². The molecule has 0 amide bonds. The summed E-state index contributed by atoms with van der Waals surface area (Å²) in [5.74, 6) is 1.68. The Morgan fingerprint density at radius 1 is 0.969 bits per heavy atom. The number of nitrogens with zero attached hydrogens (tertiary/aromatic N) is 6. The molecule has 0 unspecified atom stereocenters. The molecule has 1 fully saturated rings. The lowest BCUT2D eigenvalue weighted by Crippen LogP contribution is -2.48. The van der Waals surface area contributed by atoms with Crippen LogP contribution in [0.2, 0.25) is 0 Å². The van der Waals surface area contributed by atoms with Crippen molar-refractivity contribution in [3.8, 4) is 5.75 Å². The van der Waals surface area contributed by atoms with Crippen molar-refractivity contribution < 1.29 is 9.47 Å². The van der Waals surface area contributed by atoms with Crippen molar-refractivity contribution in [3.05, 3.63) is 65.0 Å². The van der Waals surface area contributed by atoms with Crippen molar-refractivity contribution in [3.63, 3.8) is 0 Å². The fourth-order valence-electron chi connectivity index (χ4n) is 4.35. The van der Waals surface area contributed by atoms with Crippen LogP contribution in [0.1, 0.15) is 28.6 Å². The van der Waals surface area contributed by atoms with E-state index >= 15 is 0 Å². The summed E-state index contributed by atoms with van der Waals surface area (Å²) in [5.41, 5.74) is 5.17. The first-order valence-electron chi connectivity index (χ1n) is 11.1. The zero-order valence-corrected chi connectivity index (χ0v) is 19.4. The molecule has 0 radical (unpaired) electrons. The van der Waals surface area contributed by atoms with Crippen LogP contribution < -0.4 is 9.64 Å². The van der Waals surface area contributed by atoms with Gasteiger partial charge in [-0.3, -0.25) is 4.90 Å². The van der Waals surface area contributed by atoms with Crippen LogP contribution in [0.15, 0.2) is 42.5 Å². The van der Waals surface area contributed by atoms with Gasteiger partial charge in [-0.25, -0.2) is 4.68 Å². The molecular weight excluding hydrogens is 404 g/mol. The number of anilines is 1. The second-order valence-electron chi connectivity index (χ2n) is 8.17. The number of piperazine rings is 1. The molecule has 2 aromatic carbocycles. The maximum absolute atomic E-state index is 5.36. The molecular formula is C24H32N6O2. The third-order valence-corrected chi connectivity index (χ3v) is 6.34. The van der Waals surface area contributed by atoms with Crippen LogP contribution in [0.5, 0.6) is 5.75 Å². The Hall–Kier alpha value is -2.97. The lowest BCUT2D eigenvalue weighted by molar-refractivity contribution is 0.171. The van der Waals surface area contributed by atoms with Gasteiger partial charge in [0.25, 0.3) is 0 Å². The second-order valence-corrected chi connectivity index (χ2v) is 8.17. The SMILES string of the molecule is COCCn1nnnc1[C@H](c1ccc(OC)cc1)N1CCN(c2cccc(C)c2C)CC1. The molecule has 0 spiro atoms. The van der Waals surface area contributed by atoms with Crippen molar-refractivity contribution in [2.45, 2.75) is 26.4 Å². The van der Waals surface area contributed by atoms with Gasteiger partial charge in [-0.2, -0.15) is 0 Å². The smallest absolute Gasteiger partial charge is 0.173 e. The van der Waals surface area contributed by atoms with E-state index in [9.17, 15) is 0 Å². The Kier molecular flexibility index (Phi) is 7.02. The fraction of sp³-hybridized carbons (Fsp3) is 0.458. The highest BCUT2D eigenvalue weighted by atomic mass is 16.5. The van der Waals surface area contributed by atoms with E-state index in [-0.39, 0.29) is 6.04 Å². The molecule has 1 saturated heterocycles. The van der Waals surface area contributed by atoms with Crippen molar-refractivity contribution in [2.75, 3.05) is 51.9 Å². The van der Waals surface area contributed by atoms with Gasteiger partial charge in [0.1, 0.15) is 5.75 Å². The standard InChI is InChI=1S/C24H32N6O2/c1-18-6-5-7-22(19(18)2)28-12-14-29(15-13-28)23(20-8-10-21(32-4)11-9-20)24-25-26-27-30(24)16-17-31-3/h5-11,23H,12-17H2,1-4H3/t23-/m0/s1. The molecule has 0 saturated carbocycles. The summed E-state index contributed by atoms with van der Waals surface area (Å²) < 4.78 is 12.5. The average Bonchev–Trinajstić information content (AvgIpc) is 3.28. The first-order chi connectivity index (χ1) is 15.6. The molecule has 1 aromatic heterocycles. The van der Waals surface area contributed by atoms with Gasteiger partial charge in [-0.1, -0.05) is 24.3 Å². The van der Waals surface area contributed by atoms with E-state index in [4.69, 9.17) is 9.47 Å². The molecule has 8 nitrogen and oxygen atoms in total. The van der Waals surface area contributed by atoms with Crippen molar-refractivity contribution in [2.24, 2.45) is 0 Å². The van der Waals surface area contributed by atoms with Gasteiger partial charge in [-0.15, -0.1) is 5.10 Å². The summed E-state index contributed by atoms with van der Waals surface area (Å²) in [5, 5.41) is 12.6. The lowest BCUT2D eigenvalue weighted by Gasteiger charge is -2.40. The molecule has 170 valence electrons. The number of benzene rings is 2. The molecule has 0 aliphatic carbocycles. The van der Waals surface area contributed by atoms with Crippen molar-refractivity contribution in [1.82, 2.24) is 25.1 Å². The molecule has 2 heterocycles. The van der Waals surface area contributed by atoms with Crippen molar-refractivity contribution in [1.29, 1.82) is 0 Å². The van der Waals surface area contributed by atoms with Crippen LogP contribution in [0, 0.1) is 13.8 Å². The third kappa shape index (κ3) is 4.61. The molecule has 1 aliphatic heterocycles. The van der Waals surface area contributed by atoms with Crippen LogP contribution in [0.25, 0.3) is 0 Å². The van der Waals surface area contributed by atoms with Gasteiger partial charge in [0.05, 0.1) is 26.3 Å². The molecule has 8 heteroatoms. The molecule has 0 bridgehead atoms. The normalized spacial score (nSPS) is 15.7. The Morgan fingerprint density at radius 3 is 2.41 bits per heavy atom. The van der Waals surface area contributed by atoms with E-state index in [1.54, 1.807) is 14.2 Å². The number of ether oxygens (including phenoxy) is 2. The van der Waals surface area contributed by atoms with Crippen LogP contribution in [-0.2, 0) is 11.3 Å². The number of aromatic nitrogens is 4. The molecule has 3 aromatic rings. The summed E-state index contributed by atoms with van der Waals surface area (Å²) in [6, 6.07) is 14.7. The highest BCUT2D eigenvalue weighted by Crippen LogP contribution is 2.31. The van der Waals surface area contributed by atoms with Crippen molar-refractivity contribution >= 4 is 5.69 Å². The average molecular weight is 437 g/mol. The summed E-state index contributed by atoms with van der Waals surface area (Å²) >= 11 is 0. The van der Waals surface area contributed by atoms with E-state index in [0.717, 1.165) is 43.3 Å². The number of aryl methyl sites for hydroxylation is 1. The minimum absolute atomic E-state index is 0.0338. The fourth-order valence-corrected chi connectivity index (χ4v) is 4.35. The summed E-state index contributed by atoms with van der Waals surface area (Å²) in [6.07, 6.45) is 0. The molecule has 32 heavy (non-hydrogen) atoms. The minimum Gasteiger partial charge on any atom is -0.497 e. The minimum atomic E-state index is -0.0338. The van der Waals surface area contributed by atoms with Crippen LogP contribution in [-0.4, -0.2) is 72.1 Å². The first-order valence-corrected chi connectivity index (χ1v) is 11.1. The number of tetrazole rings is 1. The van der Waals surface area contributed by atoms with E-state index in [2.05, 4.69) is 69.5 Å². The molecule has 1 aliphatic rings. The largest absolute Gasteiger partial charge is 0.497 e. The molecule has 1 atom stereocenters. The van der Waals surface area contributed by atoms with Gasteiger partial charge in [-0.05, 0) is 59.2 Å². The number of hydrogen-bond acceptors (Lipinski definition) is 7.